The number of carbonyl (C=O) groups is 1. The summed E-state index contributed by atoms with van der Waals surface area (Å²) in [5.41, 5.74) is 0. The molecule has 0 aliphatic heterocycles. The normalized spacial score (nSPS) is 14.5. The molecule has 0 radical (unpaired) electrons. The monoisotopic (exact) mass is 301 g/mol. The van der Waals surface area contributed by atoms with E-state index in [4.69, 9.17) is 4.74 Å². The number of benzene rings is 1. The molecular weight excluding hydrogens is 289 g/mol. The van der Waals surface area contributed by atoms with Gasteiger partial charge >= 0.3 is 0 Å². The van der Waals surface area contributed by atoms with Crippen LogP contribution in [0.25, 0.3) is 0 Å². The molecule has 3 nitrogen and oxygen atoms in total. The Kier molecular flexibility index (Phi) is 3.66. The van der Waals surface area contributed by atoms with Gasteiger partial charge in [-0.1, -0.05) is 0 Å². The first kappa shape index (κ1) is 12.4. The smallest absolute Gasteiger partial charge is 0.260 e. The van der Waals surface area contributed by atoms with Crippen LogP contribution in [0.15, 0.2) is 22.7 Å². The molecule has 1 amide bonds. The quantitative estimate of drug-likeness (QED) is 0.855. The highest BCUT2D eigenvalue weighted by Gasteiger charge is 2.29. The molecule has 1 aliphatic carbocycles. The summed E-state index contributed by atoms with van der Waals surface area (Å²) in [7, 11) is 1.77. The minimum Gasteiger partial charge on any atom is -0.484 e. The fourth-order valence-corrected chi connectivity index (χ4v) is 1.73. The van der Waals surface area contributed by atoms with Gasteiger partial charge in [-0.05, 0) is 40.9 Å². The predicted octanol–water partition coefficient (Wildman–Crippen LogP) is 2.59. The molecule has 1 aromatic carbocycles. The average Bonchev–Trinajstić information content (AvgIpc) is 3.13. The lowest BCUT2D eigenvalue weighted by Gasteiger charge is -2.16. The average molecular weight is 302 g/mol. The van der Waals surface area contributed by atoms with Crippen molar-refractivity contribution in [2.24, 2.45) is 0 Å². The summed E-state index contributed by atoms with van der Waals surface area (Å²) in [5, 5.41) is 0. The van der Waals surface area contributed by atoms with E-state index in [1.54, 1.807) is 24.1 Å². The third-order valence-corrected chi connectivity index (χ3v) is 3.38. The molecule has 5 heteroatoms. The lowest BCUT2D eigenvalue weighted by molar-refractivity contribution is -0.132. The highest BCUT2D eigenvalue weighted by atomic mass is 79.9. The van der Waals surface area contributed by atoms with Crippen molar-refractivity contribution in [3.05, 3.63) is 28.5 Å². The zero-order valence-corrected chi connectivity index (χ0v) is 11.0. The molecule has 1 fully saturated rings. The molecule has 1 aliphatic rings. The van der Waals surface area contributed by atoms with E-state index in [1.807, 2.05) is 0 Å². The standard InChI is InChI=1S/C12H13BrFNO2/c1-15(8-2-3-8)12(16)7-17-9-4-5-10(13)11(14)6-9/h4-6,8H,2-3,7H2,1H3. The summed E-state index contributed by atoms with van der Waals surface area (Å²) < 4.78 is 18.8. The Morgan fingerprint density at radius 3 is 2.88 bits per heavy atom. The number of ether oxygens (including phenoxy) is 1. The number of carbonyl (C=O) groups excluding carboxylic acids is 1. The van der Waals surface area contributed by atoms with E-state index in [2.05, 4.69) is 15.9 Å². The maximum absolute atomic E-state index is 13.2. The van der Waals surface area contributed by atoms with E-state index >= 15 is 0 Å². The van der Waals surface area contributed by atoms with E-state index < -0.39 is 5.82 Å². The van der Waals surface area contributed by atoms with E-state index in [-0.39, 0.29) is 12.5 Å². The van der Waals surface area contributed by atoms with Gasteiger partial charge in [0.15, 0.2) is 6.61 Å². The third kappa shape index (κ3) is 3.19. The molecule has 1 aromatic rings. The lowest BCUT2D eigenvalue weighted by atomic mass is 10.3. The Balaban J connectivity index is 1.88. The van der Waals surface area contributed by atoms with Gasteiger partial charge in [0.05, 0.1) is 4.47 Å². The first-order valence-corrected chi connectivity index (χ1v) is 6.20. The van der Waals surface area contributed by atoms with Gasteiger partial charge in [-0.25, -0.2) is 4.39 Å². The van der Waals surface area contributed by atoms with Gasteiger partial charge in [-0.3, -0.25) is 4.79 Å². The van der Waals surface area contributed by atoms with Crippen LogP contribution in [0.3, 0.4) is 0 Å². The summed E-state index contributed by atoms with van der Waals surface area (Å²) in [4.78, 5) is 13.3. The second-order valence-corrected chi connectivity index (χ2v) is 4.95. The van der Waals surface area contributed by atoms with Crippen molar-refractivity contribution in [1.82, 2.24) is 4.90 Å². The van der Waals surface area contributed by atoms with Crippen molar-refractivity contribution in [2.75, 3.05) is 13.7 Å². The van der Waals surface area contributed by atoms with Crippen LogP contribution in [0.4, 0.5) is 4.39 Å². The van der Waals surface area contributed by atoms with Crippen LogP contribution < -0.4 is 4.74 Å². The summed E-state index contributed by atoms with van der Waals surface area (Å²) in [6, 6.07) is 4.80. The first-order chi connectivity index (χ1) is 8.08. The second kappa shape index (κ2) is 5.04. The number of hydrogen-bond acceptors (Lipinski definition) is 2. The van der Waals surface area contributed by atoms with E-state index in [0.29, 0.717) is 16.3 Å². The number of likely N-dealkylation sites (N-methyl/N-ethyl adjacent to an activating group) is 1. The third-order valence-electron chi connectivity index (χ3n) is 2.74. The van der Waals surface area contributed by atoms with Crippen molar-refractivity contribution in [1.29, 1.82) is 0 Å². The van der Waals surface area contributed by atoms with Crippen molar-refractivity contribution in [2.45, 2.75) is 18.9 Å². The number of amides is 1. The minimum absolute atomic E-state index is 0.0475. The SMILES string of the molecule is CN(C(=O)COc1ccc(Br)c(F)c1)C1CC1. The molecule has 92 valence electrons. The molecule has 0 aromatic heterocycles. The fourth-order valence-electron chi connectivity index (χ4n) is 1.48. The number of hydrogen-bond donors (Lipinski definition) is 0. The highest BCUT2D eigenvalue weighted by Crippen LogP contribution is 2.25. The van der Waals surface area contributed by atoms with Crippen molar-refractivity contribution < 1.29 is 13.9 Å². The van der Waals surface area contributed by atoms with Gasteiger partial charge in [-0.15, -0.1) is 0 Å². The zero-order chi connectivity index (χ0) is 12.4. The number of halogens is 2. The Labute approximate surface area is 108 Å². The summed E-state index contributed by atoms with van der Waals surface area (Å²) in [6.07, 6.45) is 2.13. The Bertz CT molecular complexity index is 435. The van der Waals surface area contributed by atoms with Gasteiger partial charge in [0.1, 0.15) is 11.6 Å². The van der Waals surface area contributed by atoms with Crippen LogP contribution in [0.2, 0.25) is 0 Å². The van der Waals surface area contributed by atoms with Gasteiger partial charge in [-0.2, -0.15) is 0 Å². The summed E-state index contributed by atoms with van der Waals surface area (Å²) in [6.45, 7) is -0.0475. The molecule has 0 heterocycles. The molecule has 2 rings (SSSR count). The summed E-state index contributed by atoms with van der Waals surface area (Å²) in [5.74, 6) is -0.107. The van der Waals surface area contributed by atoms with Crippen LogP contribution in [0.5, 0.6) is 5.75 Å². The van der Waals surface area contributed by atoms with Crippen LogP contribution in [-0.4, -0.2) is 30.5 Å². The highest BCUT2D eigenvalue weighted by molar-refractivity contribution is 9.10. The summed E-state index contributed by atoms with van der Waals surface area (Å²) >= 11 is 3.05. The van der Waals surface area contributed by atoms with E-state index in [1.165, 1.54) is 6.07 Å². The first-order valence-electron chi connectivity index (χ1n) is 5.41. The zero-order valence-electron chi connectivity index (χ0n) is 9.45. The predicted molar refractivity (Wildman–Crippen MR) is 65.4 cm³/mol. The largest absolute Gasteiger partial charge is 0.484 e. The maximum Gasteiger partial charge on any atom is 0.260 e. The van der Waals surface area contributed by atoms with Crippen LogP contribution in [0.1, 0.15) is 12.8 Å². The topological polar surface area (TPSA) is 29.5 Å². The van der Waals surface area contributed by atoms with Gasteiger partial charge in [0, 0.05) is 19.2 Å². The maximum atomic E-state index is 13.2. The van der Waals surface area contributed by atoms with Gasteiger partial charge < -0.3 is 9.64 Å². The number of nitrogens with zero attached hydrogens (tertiary/aromatic N) is 1. The lowest BCUT2D eigenvalue weighted by Crippen LogP contribution is -2.33. The van der Waals surface area contributed by atoms with Crippen LogP contribution in [-0.2, 0) is 4.79 Å². The molecule has 1 saturated carbocycles. The molecule has 0 saturated heterocycles. The molecular formula is C12H13BrFNO2. The van der Waals surface area contributed by atoms with Crippen LogP contribution >= 0.6 is 15.9 Å². The Morgan fingerprint density at radius 1 is 1.59 bits per heavy atom. The van der Waals surface area contributed by atoms with Crippen molar-refractivity contribution in [3.63, 3.8) is 0 Å². The molecule has 0 unspecified atom stereocenters. The molecule has 17 heavy (non-hydrogen) atoms. The number of rotatable bonds is 4. The molecule has 0 N–H and O–H groups in total. The van der Waals surface area contributed by atoms with Gasteiger partial charge in [0.25, 0.3) is 5.91 Å². The van der Waals surface area contributed by atoms with E-state index in [0.717, 1.165) is 12.8 Å². The second-order valence-electron chi connectivity index (χ2n) is 4.10. The van der Waals surface area contributed by atoms with Crippen molar-refractivity contribution >= 4 is 21.8 Å². The van der Waals surface area contributed by atoms with Crippen LogP contribution in [0, 0.1) is 5.82 Å². The molecule has 0 spiro atoms. The van der Waals surface area contributed by atoms with Crippen molar-refractivity contribution in [3.8, 4) is 5.75 Å². The molecule has 0 atom stereocenters. The molecule has 0 bridgehead atoms. The fraction of sp³-hybridized carbons (Fsp3) is 0.417. The van der Waals surface area contributed by atoms with Gasteiger partial charge in [0.2, 0.25) is 0 Å². The van der Waals surface area contributed by atoms with E-state index in [9.17, 15) is 9.18 Å². The Morgan fingerprint density at radius 2 is 2.29 bits per heavy atom. The minimum atomic E-state index is -0.398. The Hall–Kier alpha value is -1.10.